The highest BCUT2D eigenvalue weighted by Crippen LogP contribution is 2.29. The van der Waals surface area contributed by atoms with Crippen LogP contribution in [-0.2, 0) is 11.2 Å². The summed E-state index contributed by atoms with van der Waals surface area (Å²) in [6, 6.07) is 7.68. The van der Waals surface area contributed by atoms with E-state index in [0.29, 0.717) is 17.9 Å². The molecule has 1 amide bonds. The van der Waals surface area contributed by atoms with E-state index in [1.807, 2.05) is 40.7 Å². The molecule has 5 nitrogen and oxygen atoms in total. The van der Waals surface area contributed by atoms with Crippen molar-refractivity contribution in [2.75, 3.05) is 13.1 Å². The second-order valence-electron chi connectivity index (χ2n) is 6.91. The van der Waals surface area contributed by atoms with Gasteiger partial charge in [0, 0.05) is 41.7 Å². The fourth-order valence-corrected chi connectivity index (χ4v) is 4.38. The molecule has 0 unspecified atom stereocenters. The van der Waals surface area contributed by atoms with Crippen molar-refractivity contribution in [1.29, 1.82) is 0 Å². The van der Waals surface area contributed by atoms with Crippen LogP contribution < -0.4 is 5.56 Å². The lowest BCUT2D eigenvalue weighted by Crippen LogP contribution is -2.38. The van der Waals surface area contributed by atoms with Gasteiger partial charge in [0.2, 0.25) is 5.91 Å². The molecule has 1 saturated heterocycles. The molecule has 3 aromatic rings. The zero-order valence-electron chi connectivity index (χ0n) is 14.7. The monoisotopic (exact) mass is 367 g/mol. The first-order valence-corrected chi connectivity index (χ1v) is 9.78. The number of amides is 1. The van der Waals surface area contributed by atoms with Crippen LogP contribution in [0.25, 0.3) is 10.9 Å². The highest BCUT2D eigenvalue weighted by Gasteiger charge is 2.25. The first-order chi connectivity index (χ1) is 12.6. The van der Waals surface area contributed by atoms with Crippen LogP contribution >= 0.6 is 11.3 Å². The summed E-state index contributed by atoms with van der Waals surface area (Å²) in [6.45, 7) is 3.38. The van der Waals surface area contributed by atoms with Crippen molar-refractivity contribution in [3.8, 4) is 0 Å². The maximum Gasteiger partial charge on any atom is 0.251 e. The Kier molecular flexibility index (Phi) is 4.59. The van der Waals surface area contributed by atoms with Crippen molar-refractivity contribution in [3.63, 3.8) is 0 Å². The van der Waals surface area contributed by atoms with Crippen LogP contribution in [0.15, 0.2) is 40.6 Å². The minimum absolute atomic E-state index is 0.0653. The molecule has 0 spiro atoms. The maximum absolute atomic E-state index is 12.7. The Morgan fingerprint density at radius 2 is 2.12 bits per heavy atom. The van der Waals surface area contributed by atoms with E-state index in [1.54, 1.807) is 18.3 Å². The number of H-pyrrole nitrogens is 1. The second kappa shape index (κ2) is 7.03. The Hall–Kier alpha value is -2.47. The number of carbonyl (C=O) groups is 1. The van der Waals surface area contributed by atoms with E-state index in [-0.39, 0.29) is 11.5 Å². The van der Waals surface area contributed by atoms with Crippen LogP contribution in [0, 0.1) is 6.92 Å². The average Bonchev–Trinajstić information content (AvgIpc) is 3.18. The van der Waals surface area contributed by atoms with Crippen LogP contribution in [0.1, 0.15) is 34.9 Å². The summed E-state index contributed by atoms with van der Waals surface area (Å²) in [5.74, 6) is 0.655. The summed E-state index contributed by atoms with van der Waals surface area (Å²) in [5, 5.41) is 4.17. The topological polar surface area (TPSA) is 66.1 Å². The summed E-state index contributed by atoms with van der Waals surface area (Å²) in [5.41, 5.74) is 2.41. The van der Waals surface area contributed by atoms with Gasteiger partial charge in [-0.05, 0) is 48.9 Å². The average molecular weight is 367 g/mol. The van der Waals surface area contributed by atoms with Gasteiger partial charge in [0.15, 0.2) is 0 Å². The standard InChI is InChI=1S/C20H21N3O2S/c1-13-10-16-11-14(2-3-17(16)22-19(13)25)12-18(24)23-7-4-15(5-8-23)20-21-6-9-26-20/h2-3,6,9-11,15H,4-5,7-8,12H2,1H3,(H,22,25). The lowest BCUT2D eigenvalue weighted by atomic mass is 9.97. The molecule has 0 saturated carbocycles. The van der Waals surface area contributed by atoms with Gasteiger partial charge in [-0.3, -0.25) is 9.59 Å². The number of piperidine rings is 1. The van der Waals surface area contributed by atoms with Crippen molar-refractivity contribution in [1.82, 2.24) is 14.9 Å². The van der Waals surface area contributed by atoms with E-state index in [2.05, 4.69) is 9.97 Å². The van der Waals surface area contributed by atoms with Gasteiger partial charge in [-0.1, -0.05) is 6.07 Å². The number of likely N-dealkylation sites (tertiary alicyclic amines) is 1. The van der Waals surface area contributed by atoms with Crippen molar-refractivity contribution in [2.45, 2.75) is 32.1 Å². The number of thiazole rings is 1. The molecule has 26 heavy (non-hydrogen) atoms. The molecule has 0 bridgehead atoms. The number of aryl methyl sites for hydroxylation is 1. The predicted molar refractivity (Wildman–Crippen MR) is 104 cm³/mol. The number of hydrogen-bond donors (Lipinski definition) is 1. The van der Waals surface area contributed by atoms with Crippen LogP contribution in [0.4, 0.5) is 0 Å². The summed E-state index contributed by atoms with van der Waals surface area (Å²) in [6.07, 6.45) is 4.22. The lowest BCUT2D eigenvalue weighted by Gasteiger charge is -2.31. The Morgan fingerprint density at radius 1 is 1.31 bits per heavy atom. The van der Waals surface area contributed by atoms with E-state index >= 15 is 0 Å². The fraction of sp³-hybridized carbons (Fsp3) is 0.350. The number of hydrogen-bond acceptors (Lipinski definition) is 4. The second-order valence-corrected chi connectivity index (χ2v) is 7.83. The molecular formula is C20H21N3O2S. The molecule has 1 fully saturated rings. The number of aromatic nitrogens is 2. The normalized spacial score (nSPS) is 15.5. The molecule has 134 valence electrons. The zero-order chi connectivity index (χ0) is 18.1. The first-order valence-electron chi connectivity index (χ1n) is 8.90. The number of rotatable bonds is 3. The molecule has 6 heteroatoms. The van der Waals surface area contributed by atoms with Crippen LogP contribution in [0.3, 0.4) is 0 Å². The minimum Gasteiger partial charge on any atom is -0.342 e. The van der Waals surface area contributed by atoms with E-state index in [0.717, 1.165) is 42.4 Å². The van der Waals surface area contributed by atoms with Gasteiger partial charge < -0.3 is 9.88 Å². The third-order valence-corrected chi connectivity index (χ3v) is 6.04. The fourth-order valence-electron chi connectivity index (χ4n) is 3.57. The number of benzene rings is 1. The molecule has 1 aromatic carbocycles. The van der Waals surface area contributed by atoms with Gasteiger partial charge in [-0.15, -0.1) is 11.3 Å². The Morgan fingerprint density at radius 3 is 2.85 bits per heavy atom. The molecule has 2 aromatic heterocycles. The van der Waals surface area contributed by atoms with Crippen LogP contribution in [0.5, 0.6) is 0 Å². The van der Waals surface area contributed by atoms with E-state index < -0.39 is 0 Å². The van der Waals surface area contributed by atoms with Gasteiger partial charge in [0.1, 0.15) is 0 Å². The molecule has 3 heterocycles. The highest BCUT2D eigenvalue weighted by atomic mass is 32.1. The van der Waals surface area contributed by atoms with Crippen LogP contribution in [0.2, 0.25) is 0 Å². The molecular weight excluding hydrogens is 346 g/mol. The third-order valence-electron chi connectivity index (χ3n) is 5.10. The van der Waals surface area contributed by atoms with Crippen LogP contribution in [-0.4, -0.2) is 33.9 Å². The van der Waals surface area contributed by atoms with E-state index in [9.17, 15) is 9.59 Å². The van der Waals surface area contributed by atoms with Crippen molar-refractivity contribution < 1.29 is 4.79 Å². The molecule has 1 N–H and O–H groups in total. The van der Waals surface area contributed by atoms with Gasteiger partial charge in [0.05, 0.1) is 11.4 Å². The van der Waals surface area contributed by atoms with Gasteiger partial charge in [-0.2, -0.15) is 0 Å². The van der Waals surface area contributed by atoms with Crippen molar-refractivity contribution in [3.05, 3.63) is 62.3 Å². The maximum atomic E-state index is 12.7. The van der Waals surface area contributed by atoms with E-state index in [1.165, 1.54) is 5.01 Å². The summed E-state index contributed by atoms with van der Waals surface area (Å²) in [7, 11) is 0. The number of fused-ring (bicyclic) bond motifs is 1. The third kappa shape index (κ3) is 3.42. The number of nitrogens with zero attached hydrogens (tertiary/aromatic N) is 2. The van der Waals surface area contributed by atoms with Crippen molar-refractivity contribution in [2.24, 2.45) is 0 Å². The summed E-state index contributed by atoms with van der Waals surface area (Å²) < 4.78 is 0. The Bertz CT molecular complexity index is 986. The quantitative estimate of drug-likeness (QED) is 0.773. The molecule has 4 rings (SSSR count). The molecule has 0 aliphatic carbocycles. The first kappa shape index (κ1) is 17.0. The molecule has 1 aliphatic rings. The summed E-state index contributed by atoms with van der Waals surface area (Å²) in [4.78, 5) is 33.6. The minimum atomic E-state index is -0.0653. The largest absolute Gasteiger partial charge is 0.342 e. The lowest BCUT2D eigenvalue weighted by molar-refractivity contribution is -0.131. The van der Waals surface area contributed by atoms with Gasteiger partial charge in [0.25, 0.3) is 5.56 Å². The number of carbonyl (C=O) groups excluding carboxylic acids is 1. The van der Waals surface area contributed by atoms with Gasteiger partial charge in [-0.25, -0.2) is 4.98 Å². The molecule has 0 atom stereocenters. The predicted octanol–water partition coefficient (Wildman–Crippen LogP) is 3.24. The summed E-state index contributed by atoms with van der Waals surface area (Å²) >= 11 is 1.71. The number of aromatic amines is 1. The molecule has 1 aliphatic heterocycles. The smallest absolute Gasteiger partial charge is 0.251 e. The number of nitrogens with one attached hydrogen (secondary N) is 1. The highest BCUT2D eigenvalue weighted by molar-refractivity contribution is 7.09. The number of pyridine rings is 1. The van der Waals surface area contributed by atoms with Gasteiger partial charge >= 0.3 is 0 Å². The van der Waals surface area contributed by atoms with E-state index in [4.69, 9.17) is 0 Å². The SMILES string of the molecule is Cc1cc2cc(CC(=O)N3CCC(c4nccs4)CC3)ccc2[nH]c1=O. The Balaban J connectivity index is 1.43. The van der Waals surface area contributed by atoms with Crippen molar-refractivity contribution >= 4 is 28.1 Å². The Labute approximate surface area is 155 Å². The zero-order valence-corrected chi connectivity index (χ0v) is 15.5. The molecule has 0 radical (unpaired) electrons.